The minimum atomic E-state index is -4.21. The minimum Gasteiger partial charge on any atom is -0.392 e. The summed E-state index contributed by atoms with van der Waals surface area (Å²) < 4.78 is 27.9. The van der Waals surface area contributed by atoms with E-state index < -0.39 is 28.2 Å². The number of rotatable bonds is 5. The van der Waals surface area contributed by atoms with E-state index in [1.165, 1.54) is 37.4 Å². The van der Waals surface area contributed by atoms with Crippen molar-refractivity contribution in [1.29, 1.82) is 0 Å². The van der Waals surface area contributed by atoms with E-state index in [4.69, 9.17) is 0 Å². The molecular formula is C23H18N2O6S. The molecule has 0 saturated heterocycles. The van der Waals surface area contributed by atoms with E-state index in [2.05, 4.69) is 5.32 Å². The molecule has 1 aromatic heterocycles. The van der Waals surface area contributed by atoms with Gasteiger partial charge in [0.05, 0.1) is 22.8 Å². The van der Waals surface area contributed by atoms with Gasteiger partial charge in [-0.25, -0.2) is 12.4 Å². The van der Waals surface area contributed by atoms with Gasteiger partial charge in [0.1, 0.15) is 0 Å². The van der Waals surface area contributed by atoms with Crippen molar-refractivity contribution in [2.24, 2.45) is 0 Å². The van der Waals surface area contributed by atoms with Gasteiger partial charge < -0.3 is 10.4 Å². The third-order valence-electron chi connectivity index (χ3n) is 5.02. The number of hydrogen-bond donors (Lipinski definition) is 2. The van der Waals surface area contributed by atoms with Crippen LogP contribution in [0, 0.1) is 0 Å². The summed E-state index contributed by atoms with van der Waals surface area (Å²) in [5.41, 5.74) is 1.18. The molecule has 0 saturated carbocycles. The summed E-state index contributed by atoms with van der Waals surface area (Å²) in [5, 5.41) is 12.4. The fourth-order valence-electron chi connectivity index (χ4n) is 3.61. The largest absolute Gasteiger partial charge is 0.392 e. The number of carbonyl (C=O) groups is 3. The molecule has 0 atom stereocenters. The Morgan fingerprint density at radius 2 is 1.69 bits per heavy atom. The highest BCUT2D eigenvalue weighted by atomic mass is 32.2. The van der Waals surface area contributed by atoms with Gasteiger partial charge >= 0.3 is 0 Å². The van der Waals surface area contributed by atoms with Crippen LogP contribution in [0.5, 0.6) is 0 Å². The number of aliphatic hydroxyl groups excluding tert-OH is 1. The molecule has 0 bridgehead atoms. The van der Waals surface area contributed by atoms with Crippen molar-refractivity contribution in [1.82, 2.24) is 3.97 Å². The van der Waals surface area contributed by atoms with Crippen LogP contribution in [0.25, 0.3) is 16.7 Å². The molecule has 32 heavy (non-hydrogen) atoms. The summed E-state index contributed by atoms with van der Waals surface area (Å²) in [6, 6.07) is 14.2. The molecule has 1 amide bonds. The lowest BCUT2D eigenvalue weighted by Crippen LogP contribution is -2.23. The number of anilines is 1. The summed E-state index contributed by atoms with van der Waals surface area (Å²) in [6.45, 7) is 0.712. The molecule has 9 heteroatoms. The van der Waals surface area contributed by atoms with Gasteiger partial charge in [-0.15, -0.1) is 0 Å². The smallest absolute Gasteiger partial charge is 0.268 e. The Balaban J connectivity index is 1.95. The maximum Gasteiger partial charge on any atom is 0.268 e. The molecular weight excluding hydrogens is 432 g/mol. The van der Waals surface area contributed by atoms with Crippen LogP contribution in [-0.4, -0.2) is 41.6 Å². The van der Waals surface area contributed by atoms with Gasteiger partial charge in [0.25, 0.3) is 10.0 Å². The van der Waals surface area contributed by atoms with Crippen LogP contribution in [-0.2, 0) is 19.6 Å². The summed E-state index contributed by atoms with van der Waals surface area (Å²) >= 11 is 0. The summed E-state index contributed by atoms with van der Waals surface area (Å²) in [4.78, 5) is 36.1. The standard InChI is InChI=1S/C23H18N2O6S/c1-14(27)24-17-7-9-18(10-8-17)32(30,31)25-12-19(15-5-3-2-4-6-15)21-22(25)16(13-26)11-20(28)23(21)29/h2-12,26H,13H2,1H3,(H,24,27). The lowest BCUT2D eigenvalue weighted by molar-refractivity contribution is -0.114. The highest BCUT2D eigenvalue weighted by Gasteiger charge is 2.36. The number of fused-ring (bicyclic) bond motifs is 1. The topological polar surface area (TPSA) is 123 Å². The van der Waals surface area contributed by atoms with Crippen molar-refractivity contribution in [3.63, 3.8) is 0 Å². The van der Waals surface area contributed by atoms with Gasteiger partial charge in [0.2, 0.25) is 17.5 Å². The number of allylic oxidation sites excluding steroid dienone is 1. The Hall–Kier alpha value is -3.82. The van der Waals surface area contributed by atoms with Crippen LogP contribution in [0.2, 0.25) is 0 Å². The Morgan fingerprint density at radius 3 is 2.28 bits per heavy atom. The van der Waals surface area contributed by atoms with E-state index in [1.807, 2.05) is 0 Å². The first kappa shape index (κ1) is 21.4. The van der Waals surface area contributed by atoms with Crippen molar-refractivity contribution in [2.75, 3.05) is 11.9 Å². The first-order valence-corrected chi connectivity index (χ1v) is 11.0. The average molecular weight is 450 g/mol. The zero-order valence-electron chi connectivity index (χ0n) is 16.9. The number of nitrogens with one attached hydrogen (secondary N) is 1. The molecule has 2 N–H and O–H groups in total. The normalized spacial score (nSPS) is 13.5. The Bertz CT molecular complexity index is 1380. The minimum absolute atomic E-state index is 0.0326. The number of nitrogens with zero attached hydrogens (tertiary/aromatic N) is 1. The van der Waals surface area contributed by atoms with Crippen molar-refractivity contribution < 1.29 is 27.9 Å². The van der Waals surface area contributed by atoms with E-state index in [0.29, 0.717) is 11.3 Å². The van der Waals surface area contributed by atoms with Gasteiger partial charge in [-0.3, -0.25) is 14.4 Å². The van der Waals surface area contributed by atoms with Gasteiger partial charge in [0, 0.05) is 29.9 Å². The number of carbonyl (C=O) groups excluding carboxylic acids is 3. The molecule has 4 rings (SSSR count). The van der Waals surface area contributed by atoms with Gasteiger partial charge in [-0.2, -0.15) is 0 Å². The molecule has 0 radical (unpaired) electrons. The molecule has 0 fully saturated rings. The monoisotopic (exact) mass is 450 g/mol. The van der Waals surface area contributed by atoms with Crippen LogP contribution < -0.4 is 5.32 Å². The van der Waals surface area contributed by atoms with Crippen LogP contribution in [0.15, 0.2) is 71.8 Å². The van der Waals surface area contributed by atoms with E-state index in [-0.39, 0.29) is 33.2 Å². The quantitative estimate of drug-likeness (QED) is 0.576. The fraction of sp³-hybridized carbons (Fsp3) is 0.0870. The molecule has 1 aliphatic carbocycles. The average Bonchev–Trinajstić information content (AvgIpc) is 3.19. The zero-order valence-corrected chi connectivity index (χ0v) is 17.7. The number of benzene rings is 2. The molecule has 3 aromatic rings. The van der Waals surface area contributed by atoms with Gasteiger partial charge in [-0.1, -0.05) is 30.3 Å². The highest BCUT2D eigenvalue weighted by Crippen LogP contribution is 2.37. The fourth-order valence-corrected chi connectivity index (χ4v) is 5.01. The molecule has 162 valence electrons. The third-order valence-corrected chi connectivity index (χ3v) is 6.69. The third kappa shape index (κ3) is 3.57. The highest BCUT2D eigenvalue weighted by molar-refractivity contribution is 7.90. The molecule has 0 unspecified atom stereocenters. The van der Waals surface area contributed by atoms with E-state index in [9.17, 15) is 27.9 Å². The first-order chi connectivity index (χ1) is 15.2. The number of ketones is 2. The second-order valence-electron chi connectivity index (χ2n) is 7.16. The Kier molecular flexibility index (Phi) is 5.37. The number of amides is 1. The summed E-state index contributed by atoms with van der Waals surface area (Å²) in [6.07, 6.45) is 2.25. The SMILES string of the molecule is CC(=O)Nc1ccc(S(=O)(=O)n2cc(-c3ccccc3)c3c2C(CO)=CC(=O)C3=O)cc1. The molecule has 1 heterocycles. The van der Waals surface area contributed by atoms with E-state index in [0.717, 1.165) is 10.0 Å². The molecule has 2 aromatic carbocycles. The second-order valence-corrected chi connectivity index (χ2v) is 8.97. The lowest BCUT2D eigenvalue weighted by Gasteiger charge is -2.16. The second kappa shape index (κ2) is 8.03. The number of Topliss-reactive ketones (excluding diaryl/α,β-unsaturated/α-hetero) is 1. The maximum atomic E-state index is 13.5. The van der Waals surface area contributed by atoms with Crippen molar-refractivity contribution in [3.8, 4) is 11.1 Å². The van der Waals surface area contributed by atoms with Crippen molar-refractivity contribution >= 4 is 38.8 Å². The van der Waals surface area contributed by atoms with Crippen LogP contribution >= 0.6 is 0 Å². The van der Waals surface area contributed by atoms with Crippen LogP contribution in [0.4, 0.5) is 5.69 Å². The van der Waals surface area contributed by atoms with Crippen molar-refractivity contribution in [2.45, 2.75) is 11.8 Å². The lowest BCUT2D eigenvalue weighted by atomic mass is 9.90. The van der Waals surface area contributed by atoms with Crippen LogP contribution in [0.3, 0.4) is 0 Å². The van der Waals surface area contributed by atoms with Gasteiger partial charge in [0.15, 0.2) is 0 Å². The predicted octanol–water partition coefficient (Wildman–Crippen LogP) is 2.49. The van der Waals surface area contributed by atoms with E-state index in [1.54, 1.807) is 30.3 Å². The zero-order chi connectivity index (χ0) is 23.0. The first-order valence-electron chi connectivity index (χ1n) is 9.58. The number of hydrogen-bond acceptors (Lipinski definition) is 6. The van der Waals surface area contributed by atoms with Gasteiger partial charge in [-0.05, 0) is 35.9 Å². The maximum absolute atomic E-state index is 13.5. The number of aliphatic hydroxyl groups is 1. The summed E-state index contributed by atoms with van der Waals surface area (Å²) in [7, 11) is -4.21. The summed E-state index contributed by atoms with van der Waals surface area (Å²) in [5.74, 6) is -1.96. The van der Waals surface area contributed by atoms with E-state index >= 15 is 0 Å². The Labute approximate surface area is 183 Å². The molecule has 0 spiro atoms. The molecule has 8 nitrogen and oxygen atoms in total. The van der Waals surface area contributed by atoms with Crippen LogP contribution in [0.1, 0.15) is 23.0 Å². The predicted molar refractivity (Wildman–Crippen MR) is 118 cm³/mol. The number of aromatic nitrogens is 1. The Morgan fingerprint density at radius 1 is 1.03 bits per heavy atom. The molecule has 0 aliphatic heterocycles. The van der Waals surface area contributed by atoms with Crippen molar-refractivity contribution in [3.05, 3.63) is 78.1 Å². The molecule has 1 aliphatic rings.